The minimum atomic E-state index is -4.55. The normalized spacial score (nSPS) is 15.6. The number of benzene rings is 2. The van der Waals surface area contributed by atoms with E-state index in [1.165, 1.54) is 49.6 Å². The minimum Gasteiger partial charge on any atom is -0.366 e. The second-order valence-electron chi connectivity index (χ2n) is 8.48. The van der Waals surface area contributed by atoms with Crippen LogP contribution in [0.5, 0.6) is 0 Å². The van der Waals surface area contributed by atoms with Gasteiger partial charge in [0.2, 0.25) is 5.91 Å². The number of rotatable bonds is 5. The second kappa shape index (κ2) is 10.2. The lowest BCUT2D eigenvalue weighted by Crippen LogP contribution is -2.42. The quantitative estimate of drug-likeness (QED) is 0.386. The fourth-order valence-corrected chi connectivity index (χ4v) is 4.79. The van der Waals surface area contributed by atoms with Gasteiger partial charge in [0.25, 0.3) is 5.91 Å². The van der Waals surface area contributed by atoms with Gasteiger partial charge in [-0.3, -0.25) is 14.5 Å². The lowest BCUT2D eigenvalue weighted by Gasteiger charge is -2.32. The van der Waals surface area contributed by atoms with Crippen LogP contribution in [-0.2, 0) is 0 Å². The fraction of sp³-hybridized carbons (Fsp3) is 0.240. The summed E-state index contributed by atoms with van der Waals surface area (Å²) in [6.45, 7) is 0.0415. The van der Waals surface area contributed by atoms with Crippen molar-refractivity contribution in [2.75, 3.05) is 23.4 Å². The number of primary amides is 1. The number of hydrogen-bond acceptors (Lipinski definition) is 4. The highest BCUT2D eigenvalue weighted by molar-refractivity contribution is 6.34. The number of aromatic nitrogens is 1. The lowest BCUT2D eigenvalue weighted by molar-refractivity contribution is -0.145. The third-order valence-corrected chi connectivity index (χ3v) is 6.79. The number of halogens is 6. The van der Waals surface area contributed by atoms with Gasteiger partial charge >= 0.3 is 6.18 Å². The standard InChI is InChI=1S/C25H20Cl2F4N4O2/c1-34(24(37)21-17(27)4-2-5-18(21)28)23-19(35-9-3-6-20(35)25(29,30)31)11-14(12-33-23)15-10-13(22(32)36)7-8-16(15)26/h2,4-5,7-8,10-12,20H,3,6,9H2,1H3,(H2,32,36)/t20-/m1/s1. The molecule has 1 aliphatic heterocycles. The molecular weight excluding hydrogens is 535 g/mol. The van der Waals surface area contributed by atoms with E-state index in [0.717, 1.165) is 15.9 Å². The van der Waals surface area contributed by atoms with Crippen LogP contribution in [0, 0.1) is 5.82 Å². The van der Waals surface area contributed by atoms with E-state index in [1.54, 1.807) is 0 Å². The Kier molecular flexibility index (Phi) is 7.34. The molecule has 0 bridgehead atoms. The Morgan fingerprint density at radius 3 is 2.51 bits per heavy atom. The Morgan fingerprint density at radius 1 is 1.14 bits per heavy atom. The van der Waals surface area contributed by atoms with E-state index in [0.29, 0.717) is 11.1 Å². The number of carbonyl (C=O) groups is 2. The van der Waals surface area contributed by atoms with Gasteiger partial charge in [0, 0.05) is 41.5 Å². The first-order valence-corrected chi connectivity index (χ1v) is 11.8. The molecular formula is C25H20Cl2F4N4O2. The second-order valence-corrected chi connectivity index (χ2v) is 9.29. The fourth-order valence-electron chi connectivity index (χ4n) is 4.32. The van der Waals surface area contributed by atoms with E-state index < -0.39 is 35.4 Å². The van der Waals surface area contributed by atoms with Crippen molar-refractivity contribution in [3.63, 3.8) is 0 Å². The third kappa shape index (κ3) is 5.21. The molecule has 3 aromatic rings. The third-order valence-electron chi connectivity index (χ3n) is 6.15. The summed E-state index contributed by atoms with van der Waals surface area (Å²) >= 11 is 12.4. The number of nitrogens with two attached hydrogens (primary N) is 1. The van der Waals surface area contributed by atoms with Crippen molar-refractivity contribution in [3.8, 4) is 11.1 Å². The summed E-state index contributed by atoms with van der Waals surface area (Å²) < 4.78 is 56.2. The number of pyridine rings is 1. The predicted molar refractivity (Wildman–Crippen MR) is 134 cm³/mol. The SMILES string of the molecule is CN(C(=O)c1c(F)cccc1Cl)c1ncc(-c2cc(C(N)=O)ccc2Cl)cc1N1CCC[C@@H]1C(F)(F)F. The Balaban J connectivity index is 1.88. The van der Waals surface area contributed by atoms with E-state index in [-0.39, 0.29) is 46.5 Å². The molecule has 37 heavy (non-hydrogen) atoms. The molecule has 4 rings (SSSR count). The highest BCUT2D eigenvalue weighted by Gasteiger charge is 2.47. The number of alkyl halides is 3. The van der Waals surface area contributed by atoms with Gasteiger partial charge in [0.1, 0.15) is 11.9 Å². The first-order chi connectivity index (χ1) is 17.4. The van der Waals surface area contributed by atoms with E-state index in [1.807, 2.05) is 0 Å². The van der Waals surface area contributed by atoms with Crippen molar-refractivity contribution in [2.24, 2.45) is 5.73 Å². The molecule has 1 fully saturated rings. The molecule has 1 atom stereocenters. The first-order valence-electron chi connectivity index (χ1n) is 11.1. The summed E-state index contributed by atoms with van der Waals surface area (Å²) in [5, 5.41) is 0.0567. The maximum absolute atomic E-state index is 14.5. The van der Waals surface area contributed by atoms with Gasteiger partial charge in [0.05, 0.1) is 16.3 Å². The molecule has 6 nitrogen and oxygen atoms in total. The monoisotopic (exact) mass is 554 g/mol. The van der Waals surface area contributed by atoms with E-state index >= 15 is 0 Å². The average Bonchev–Trinajstić information content (AvgIpc) is 3.34. The van der Waals surface area contributed by atoms with Crippen molar-refractivity contribution in [3.05, 3.63) is 75.7 Å². The molecule has 0 aliphatic carbocycles. The summed E-state index contributed by atoms with van der Waals surface area (Å²) in [7, 11) is 1.27. The van der Waals surface area contributed by atoms with Crippen molar-refractivity contribution >= 4 is 46.5 Å². The molecule has 2 heterocycles. The molecule has 0 saturated carbocycles. The molecule has 1 aromatic heterocycles. The topological polar surface area (TPSA) is 79.5 Å². The number of nitrogens with zero attached hydrogens (tertiary/aromatic N) is 3. The van der Waals surface area contributed by atoms with Crippen molar-refractivity contribution < 1.29 is 27.2 Å². The van der Waals surface area contributed by atoms with Crippen LogP contribution in [0.2, 0.25) is 10.0 Å². The highest BCUT2D eigenvalue weighted by atomic mass is 35.5. The molecule has 1 saturated heterocycles. The molecule has 194 valence electrons. The Morgan fingerprint density at radius 2 is 1.86 bits per heavy atom. The lowest BCUT2D eigenvalue weighted by atomic mass is 10.0. The van der Waals surface area contributed by atoms with Crippen LogP contribution in [0.15, 0.2) is 48.7 Å². The molecule has 2 N–H and O–H groups in total. The van der Waals surface area contributed by atoms with Gasteiger partial charge in [0.15, 0.2) is 5.82 Å². The minimum absolute atomic E-state index is 0.0128. The van der Waals surface area contributed by atoms with Crippen LogP contribution >= 0.6 is 23.2 Å². The number of anilines is 2. The zero-order valence-corrected chi connectivity index (χ0v) is 20.8. The molecule has 0 radical (unpaired) electrons. The predicted octanol–water partition coefficient (Wildman–Crippen LogP) is 6.10. The zero-order chi connectivity index (χ0) is 27.1. The van der Waals surface area contributed by atoms with Gasteiger partial charge in [-0.25, -0.2) is 9.37 Å². The molecule has 12 heteroatoms. The Labute approximate surface area is 219 Å². The summed E-state index contributed by atoms with van der Waals surface area (Å²) in [6.07, 6.45) is -3.15. The van der Waals surface area contributed by atoms with Crippen molar-refractivity contribution in [2.45, 2.75) is 25.1 Å². The summed E-state index contributed by atoms with van der Waals surface area (Å²) in [5.41, 5.74) is 5.67. The molecule has 0 unspecified atom stereocenters. The van der Waals surface area contributed by atoms with E-state index in [9.17, 15) is 27.2 Å². The summed E-state index contributed by atoms with van der Waals surface area (Å²) in [6, 6.07) is 7.56. The molecule has 2 aromatic carbocycles. The number of carbonyl (C=O) groups excluding carboxylic acids is 2. The number of hydrogen-bond donors (Lipinski definition) is 1. The molecule has 0 spiro atoms. The van der Waals surface area contributed by atoms with Gasteiger partial charge in [-0.1, -0.05) is 29.3 Å². The summed E-state index contributed by atoms with van der Waals surface area (Å²) in [5.74, 6) is -2.62. The van der Waals surface area contributed by atoms with Crippen molar-refractivity contribution in [1.29, 1.82) is 0 Å². The van der Waals surface area contributed by atoms with Crippen LogP contribution in [-0.4, -0.2) is 42.6 Å². The number of amides is 2. The van der Waals surface area contributed by atoms with Crippen LogP contribution < -0.4 is 15.5 Å². The molecule has 2 amide bonds. The molecule has 1 aliphatic rings. The Hall–Kier alpha value is -3.37. The largest absolute Gasteiger partial charge is 0.408 e. The van der Waals surface area contributed by atoms with Gasteiger partial charge in [-0.05, 0) is 49.2 Å². The van der Waals surface area contributed by atoms with Crippen LogP contribution in [0.25, 0.3) is 11.1 Å². The highest BCUT2D eigenvalue weighted by Crippen LogP contribution is 2.42. The Bertz CT molecular complexity index is 1360. The van der Waals surface area contributed by atoms with Crippen LogP contribution in [0.4, 0.5) is 29.1 Å². The van der Waals surface area contributed by atoms with Crippen molar-refractivity contribution in [1.82, 2.24) is 4.98 Å². The average molecular weight is 555 g/mol. The smallest absolute Gasteiger partial charge is 0.366 e. The van der Waals surface area contributed by atoms with E-state index in [2.05, 4.69) is 4.98 Å². The van der Waals surface area contributed by atoms with Crippen LogP contribution in [0.1, 0.15) is 33.6 Å². The maximum atomic E-state index is 14.5. The van der Waals surface area contributed by atoms with Gasteiger partial charge in [-0.2, -0.15) is 13.2 Å². The maximum Gasteiger partial charge on any atom is 0.408 e. The van der Waals surface area contributed by atoms with Gasteiger partial charge < -0.3 is 10.6 Å². The first kappa shape index (κ1) is 26.7. The van der Waals surface area contributed by atoms with E-state index in [4.69, 9.17) is 28.9 Å². The zero-order valence-electron chi connectivity index (χ0n) is 19.3. The van der Waals surface area contributed by atoms with Gasteiger partial charge in [-0.15, -0.1) is 0 Å². The summed E-state index contributed by atoms with van der Waals surface area (Å²) in [4.78, 5) is 31.3. The van der Waals surface area contributed by atoms with Crippen LogP contribution in [0.3, 0.4) is 0 Å².